The predicted molar refractivity (Wildman–Crippen MR) is 106 cm³/mol. The summed E-state index contributed by atoms with van der Waals surface area (Å²) < 4.78 is 0. The molecule has 2 heterocycles. The van der Waals surface area contributed by atoms with Gasteiger partial charge in [-0.05, 0) is 41.5 Å². The highest BCUT2D eigenvalue weighted by Crippen LogP contribution is 2.28. The molecule has 0 unspecified atom stereocenters. The molecule has 5 heteroatoms. The molecule has 2 aromatic carbocycles. The number of rotatable bonds is 4. The van der Waals surface area contributed by atoms with Gasteiger partial charge in [0.05, 0.1) is 12.3 Å². The molecule has 1 N–H and O–H groups in total. The number of aldehydes is 1. The molecule has 0 fully saturated rings. The van der Waals surface area contributed by atoms with Gasteiger partial charge in [-0.1, -0.05) is 24.3 Å². The summed E-state index contributed by atoms with van der Waals surface area (Å²) >= 11 is 0. The molecule has 0 atom stereocenters. The maximum atomic E-state index is 11.8. The second-order valence-corrected chi connectivity index (χ2v) is 6.22. The zero-order valence-electron chi connectivity index (χ0n) is 14.6. The molecule has 0 bridgehead atoms. The smallest absolute Gasteiger partial charge is 0.225 e. The van der Waals surface area contributed by atoms with Crippen LogP contribution >= 0.6 is 0 Å². The number of carbonyl (C=O) groups is 2. The second kappa shape index (κ2) is 7.33. The Labute approximate surface area is 156 Å². The van der Waals surface area contributed by atoms with Crippen LogP contribution in [0.25, 0.3) is 11.1 Å². The van der Waals surface area contributed by atoms with Crippen molar-refractivity contribution in [3.63, 3.8) is 0 Å². The molecule has 0 amide bonds. The van der Waals surface area contributed by atoms with E-state index in [2.05, 4.69) is 22.4 Å². The van der Waals surface area contributed by atoms with Crippen molar-refractivity contribution in [2.75, 3.05) is 18.4 Å². The van der Waals surface area contributed by atoms with Gasteiger partial charge in [-0.15, -0.1) is 0 Å². The van der Waals surface area contributed by atoms with Crippen molar-refractivity contribution >= 4 is 23.5 Å². The molecule has 3 aromatic rings. The van der Waals surface area contributed by atoms with Crippen LogP contribution in [-0.2, 0) is 4.79 Å². The number of pyridine rings is 1. The highest BCUT2D eigenvalue weighted by Gasteiger charge is 2.17. The molecule has 5 nitrogen and oxygen atoms in total. The Balaban J connectivity index is 1.83. The summed E-state index contributed by atoms with van der Waals surface area (Å²) in [4.78, 5) is 31.4. The number of hydrogen-bond donors (Lipinski definition) is 1. The summed E-state index contributed by atoms with van der Waals surface area (Å²) in [6.07, 6.45) is 3.87. The first kappa shape index (κ1) is 16.8. The number of carbonyl (C=O) groups excluding carboxylic acids is 2. The minimum absolute atomic E-state index is 0.338. The molecule has 0 saturated heterocycles. The quantitative estimate of drug-likeness (QED) is 0.442. The van der Waals surface area contributed by atoms with Gasteiger partial charge in [0, 0.05) is 41.3 Å². The van der Waals surface area contributed by atoms with Gasteiger partial charge >= 0.3 is 0 Å². The van der Waals surface area contributed by atoms with Gasteiger partial charge in [-0.2, -0.15) is 0 Å². The number of benzodiazepines with no additional fused rings is 1. The van der Waals surface area contributed by atoms with E-state index < -0.39 is 5.78 Å². The van der Waals surface area contributed by atoms with E-state index in [0.29, 0.717) is 18.4 Å². The van der Waals surface area contributed by atoms with Crippen molar-refractivity contribution in [2.45, 2.75) is 0 Å². The van der Waals surface area contributed by atoms with E-state index in [4.69, 9.17) is 4.99 Å². The summed E-state index contributed by atoms with van der Waals surface area (Å²) in [6.45, 7) is 1.36. The monoisotopic (exact) mass is 355 g/mol. The number of nitrogens with zero attached hydrogens (tertiary/aromatic N) is 2. The van der Waals surface area contributed by atoms with Crippen LogP contribution in [0.1, 0.15) is 21.5 Å². The number of nitrogens with one attached hydrogen (secondary N) is 1. The van der Waals surface area contributed by atoms with Gasteiger partial charge in [-0.25, -0.2) is 0 Å². The van der Waals surface area contributed by atoms with E-state index in [1.807, 2.05) is 24.3 Å². The maximum absolute atomic E-state index is 11.8. The first-order valence-corrected chi connectivity index (χ1v) is 8.69. The Morgan fingerprint density at radius 1 is 0.963 bits per heavy atom. The zero-order chi connectivity index (χ0) is 18.6. The summed E-state index contributed by atoms with van der Waals surface area (Å²) in [6, 6.07) is 17.2. The van der Waals surface area contributed by atoms with Crippen molar-refractivity contribution in [2.24, 2.45) is 4.99 Å². The van der Waals surface area contributed by atoms with Crippen molar-refractivity contribution in [3.8, 4) is 11.1 Å². The first-order valence-electron chi connectivity index (χ1n) is 8.69. The van der Waals surface area contributed by atoms with Gasteiger partial charge in [0.1, 0.15) is 0 Å². The third kappa shape index (κ3) is 3.40. The van der Waals surface area contributed by atoms with Crippen LogP contribution in [-0.4, -0.2) is 35.9 Å². The number of aliphatic imine (C=N–C) groups is 1. The van der Waals surface area contributed by atoms with E-state index in [1.165, 1.54) is 0 Å². The maximum Gasteiger partial charge on any atom is 0.225 e. The molecule has 0 aliphatic carbocycles. The predicted octanol–water partition coefficient (Wildman–Crippen LogP) is 3.39. The third-order valence-electron chi connectivity index (χ3n) is 4.51. The summed E-state index contributed by atoms with van der Waals surface area (Å²) in [5, 5.41) is 3.40. The van der Waals surface area contributed by atoms with E-state index >= 15 is 0 Å². The first-order chi connectivity index (χ1) is 13.3. The molecule has 0 saturated carbocycles. The number of ketones is 1. The Kier molecular flexibility index (Phi) is 4.58. The van der Waals surface area contributed by atoms with Crippen molar-refractivity contribution < 1.29 is 9.59 Å². The molecule has 0 spiro atoms. The fourth-order valence-electron chi connectivity index (χ4n) is 3.20. The fourth-order valence-corrected chi connectivity index (χ4v) is 3.20. The van der Waals surface area contributed by atoms with Crippen LogP contribution in [0, 0.1) is 0 Å². The van der Waals surface area contributed by atoms with Gasteiger partial charge in [-0.3, -0.25) is 19.6 Å². The number of benzene rings is 2. The highest BCUT2D eigenvalue weighted by atomic mass is 16.2. The molecule has 1 aromatic heterocycles. The van der Waals surface area contributed by atoms with Crippen molar-refractivity contribution in [3.05, 3.63) is 83.7 Å². The second-order valence-electron chi connectivity index (χ2n) is 6.22. The Hall–Kier alpha value is -3.60. The average molecular weight is 355 g/mol. The number of fused-ring (bicyclic) bond motifs is 1. The molecular weight excluding hydrogens is 338 g/mol. The van der Waals surface area contributed by atoms with Crippen LogP contribution < -0.4 is 5.32 Å². The van der Waals surface area contributed by atoms with Crippen LogP contribution in [0.4, 0.5) is 5.69 Å². The molecule has 0 radical (unpaired) electrons. The lowest BCUT2D eigenvalue weighted by atomic mass is 9.95. The molecular formula is C22H17N3O2. The van der Waals surface area contributed by atoms with Gasteiger partial charge < -0.3 is 5.32 Å². The van der Waals surface area contributed by atoms with Crippen LogP contribution in [0.15, 0.2) is 72.0 Å². The Morgan fingerprint density at radius 3 is 2.63 bits per heavy atom. The lowest BCUT2D eigenvalue weighted by Gasteiger charge is -2.13. The molecule has 1 aliphatic heterocycles. The fraction of sp³-hybridized carbons (Fsp3) is 0.0909. The third-order valence-corrected chi connectivity index (χ3v) is 4.51. The van der Waals surface area contributed by atoms with Crippen LogP contribution in [0.3, 0.4) is 0 Å². The molecule has 1 aliphatic rings. The summed E-state index contributed by atoms with van der Waals surface area (Å²) in [7, 11) is 0. The largest absolute Gasteiger partial charge is 0.383 e. The topological polar surface area (TPSA) is 71.4 Å². The minimum atomic E-state index is -0.532. The number of aromatic nitrogens is 1. The number of Topliss-reactive ketones (excluding diaryl/α,β-unsaturated/α-hetero) is 1. The van der Waals surface area contributed by atoms with Gasteiger partial charge in [0.25, 0.3) is 0 Å². The zero-order valence-corrected chi connectivity index (χ0v) is 14.6. The lowest BCUT2D eigenvalue weighted by molar-refractivity contribution is -0.104. The van der Waals surface area contributed by atoms with E-state index in [-0.39, 0.29) is 0 Å². The van der Waals surface area contributed by atoms with Gasteiger partial charge in [0.15, 0.2) is 6.29 Å². The normalized spacial score (nSPS) is 13.0. The van der Waals surface area contributed by atoms with Crippen LogP contribution in [0.5, 0.6) is 0 Å². The number of hydrogen-bond acceptors (Lipinski definition) is 5. The van der Waals surface area contributed by atoms with E-state index in [9.17, 15) is 9.59 Å². The standard InChI is InChI=1S/C22H17N3O2/c26-14-21(27)17-2-1-3-18(12-17)22-19-13-16(15-6-8-23-9-7-15)4-5-20(19)24-10-11-25-22/h1-9,12-14,24H,10-11H2. The minimum Gasteiger partial charge on any atom is -0.383 e. The SMILES string of the molecule is O=CC(=O)c1cccc(C2=NCCNc3ccc(-c4ccncc4)cc32)c1. The Bertz CT molecular complexity index is 1040. The highest BCUT2D eigenvalue weighted by molar-refractivity contribution is 6.33. The number of anilines is 1. The van der Waals surface area contributed by atoms with E-state index in [0.717, 1.165) is 40.2 Å². The molecule has 4 rings (SSSR count). The summed E-state index contributed by atoms with van der Waals surface area (Å²) in [5.41, 5.74) is 6.10. The average Bonchev–Trinajstić information content (AvgIpc) is 2.96. The Morgan fingerprint density at radius 2 is 1.81 bits per heavy atom. The van der Waals surface area contributed by atoms with Crippen molar-refractivity contribution in [1.29, 1.82) is 0 Å². The van der Waals surface area contributed by atoms with Crippen LogP contribution in [0.2, 0.25) is 0 Å². The summed E-state index contributed by atoms with van der Waals surface area (Å²) in [5.74, 6) is -0.532. The molecule has 132 valence electrons. The lowest BCUT2D eigenvalue weighted by Crippen LogP contribution is -2.08. The van der Waals surface area contributed by atoms with E-state index in [1.54, 1.807) is 30.6 Å². The van der Waals surface area contributed by atoms with Gasteiger partial charge in [0.2, 0.25) is 5.78 Å². The molecule has 27 heavy (non-hydrogen) atoms. The van der Waals surface area contributed by atoms with Crippen molar-refractivity contribution in [1.82, 2.24) is 4.98 Å².